The number of nitrogens with two attached hydrogens (primary N) is 1. The summed E-state index contributed by atoms with van der Waals surface area (Å²) in [6, 6.07) is 0. The molecule has 3 nitrogen and oxygen atoms in total. The number of hydrogen-bond acceptors (Lipinski definition) is 4. The van der Waals surface area contributed by atoms with Gasteiger partial charge in [-0.05, 0) is 20.3 Å². The Hall–Kier alpha value is -0.450. The Labute approximate surface area is 88.3 Å². The molecule has 4 heteroatoms. The summed E-state index contributed by atoms with van der Waals surface area (Å²) in [7, 11) is 0. The third-order valence-electron chi connectivity index (χ3n) is 2.86. The van der Waals surface area contributed by atoms with E-state index in [9.17, 15) is 0 Å². The maximum atomic E-state index is 6.32. The molecular formula is C10H16N2OS. The van der Waals surface area contributed by atoms with Crippen molar-refractivity contribution in [3.63, 3.8) is 0 Å². The molecule has 2 N–H and O–H groups in total. The number of thiazole rings is 1. The van der Waals surface area contributed by atoms with Crippen molar-refractivity contribution in [3.05, 3.63) is 16.1 Å². The van der Waals surface area contributed by atoms with Crippen LogP contribution in [-0.4, -0.2) is 18.2 Å². The SMILES string of the molecule is Cc1csc(C(C)(N)C2CCOC2)n1. The van der Waals surface area contributed by atoms with Crippen LogP contribution >= 0.6 is 11.3 Å². The summed E-state index contributed by atoms with van der Waals surface area (Å²) in [5, 5.41) is 3.08. The van der Waals surface area contributed by atoms with Gasteiger partial charge in [0.2, 0.25) is 0 Å². The number of aryl methyl sites for hydroxylation is 1. The quantitative estimate of drug-likeness (QED) is 0.811. The van der Waals surface area contributed by atoms with Crippen LogP contribution in [0.25, 0.3) is 0 Å². The highest BCUT2D eigenvalue weighted by Gasteiger charge is 2.36. The van der Waals surface area contributed by atoms with Gasteiger partial charge in [0, 0.05) is 23.6 Å². The van der Waals surface area contributed by atoms with Gasteiger partial charge in [-0.25, -0.2) is 4.98 Å². The average Bonchev–Trinajstić information content (AvgIpc) is 2.72. The van der Waals surface area contributed by atoms with Crippen LogP contribution in [0.2, 0.25) is 0 Å². The largest absolute Gasteiger partial charge is 0.381 e. The minimum Gasteiger partial charge on any atom is -0.381 e. The van der Waals surface area contributed by atoms with E-state index in [-0.39, 0.29) is 5.54 Å². The van der Waals surface area contributed by atoms with Crippen LogP contribution < -0.4 is 5.73 Å². The number of ether oxygens (including phenoxy) is 1. The maximum absolute atomic E-state index is 6.32. The van der Waals surface area contributed by atoms with E-state index in [0.717, 1.165) is 30.3 Å². The molecule has 0 aromatic carbocycles. The second kappa shape index (κ2) is 3.61. The fourth-order valence-electron chi connectivity index (χ4n) is 1.78. The first kappa shape index (κ1) is 10.1. The monoisotopic (exact) mass is 212 g/mol. The predicted molar refractivity (Wildman–Crippen MR) is 57.3 cm³/mol. The molecule has 2 heterocycles. The molecule has 2 atom stereocenters. The van der Waals surface area contributed by atoms with Gasteiger partial charge in [-0.2, -0.15) is 0 Å². The van der Waals surface area contributed by atoms with Crippen LogP contribution in [0.15, 0.2) is 5.38 Å². The number of rotatable bonds is 2. The van der Waals surface area contributed by atoms with Gasteiger partial charge in [-0.3, -0.25) is 0 Å². The number of nitrogens with zero attached hydrogens (tertiary/aromatic N) is 1. The molecule has 0 spiro atoms. The summed E-state index contributed by atoms with van der Waals surface area (Å²) in [4.78, 5) is 4.46. The molecule has 1 fully saturated rings. The lowest BCUT2D eigenvalue weighted by molar-refractivity contribution is 0.166. The molecule has 0 radical (unpaired) electrons. The van der Waals surface area contributed by atoms with Crippen LogP contribution in [0.3, 0.4) is 0 Å². The van der Waals surface area contributed by atoms with Crippen molar-refractivity contribution >= 4 is 11.3 Å². The highest BCUT2D eigenvalue weighted by Crippen LogP contribution is 2.33. The fraction of sp³-hybridized carbons (Fsp3) is 0.700. The van der Waals surface area contributed by atoms with Gasteiger partial charge in [0.1, 0.15) is 5.01 Å². The second-order valence-corrected chi connectivity index (χ2v) is 5.00. The summed E-state index contributed by atoms with van der Waals surface area (Å²) in [5.74, 6) is 0.410. The molecule has 1 aromatic rings. The fourth-order valence-corrected chi connectivity index (χ4v) is 2.74. The van der Waals surface area contributed by atoms with Crippen molar-refractivity contribution in [3.8, 4) is 0 Å². The van der Waals surface area contributed by atoms with Gasteiger partial charge >= 0.3 is 0 Å². The van der Waals surface area contributed by atoms with Crippen LogP contribution in [0, 0.1) is 12.8 Å². The van der Waals surface area contributed by atoms with Crippen molar-refractivity contribution in [2.45, 2.75) is 25.8 Å². The van der Waals surface area contributed by atoms with Gasteiger partial charge in [-0.1, -0.05) is 0 Å². The van der Waals surface area contributed by atoms with E-state index < -0.39 is 0 Å². The average molecular weight is 212 g/mol. The molecule has 1 saturated heterocycles. The number of hydrogen-bond donors (Lipinski definition) is 1. The minimum absolute atomic E-state index is 0.324. The zero-order valence-electron chi connectivity index (χ0n) is 8.62. The van der Waals surface area contributed by atoms with Gasteiger partial charge < -0.3 is 10.5 Å². The lowest BCUT2D eigenvalue weighted by atomic mass is 9.86. The minimum atomic E-state index is -0.324. The zero-order valence-corrected chi connectivity index (χ0v) is 9.43. The Morgan fingerprint density at radius 2 is 2.50 bits per heavy atom. The Morgan fingerprint density at radius 3 is 3.00 bits per heavy atom. The highest BCUT2D eigenvalue weighted by molar-refractivity contribution is 7.09. The predicted octanol–water partition coefficient (Wildman–Crippen LogP) is 1.66. The Morgan fingerprint density at radius 1 is 1.71 bits per heavy atom. The van der Waals surface area contributed by atoms with Crippen LogP contribution in [0.4, 0.5) is 0 Å². The van der Waals surface area contributed by atoms with Crippen molar-refractivity contribution in [1.29, 1.82) is 0 Å². The summed E-state index contributed by atoms with van der Waals surface area (Å²) < 4.78 is 5.37. The van der Waals surface area contributed by atoms with E-state index >= 15 is 0 Å². The molecule has 14 heavy (non-hydrogen) atoms. The van der Waals surface area contributed by atoms with E-state index in [0.29, 0.717) is 5.92 Å². The van der Waals surface area contributed by atoms with Crippen LogP contribution in [-0.2, 0) is 10.3 Å². The van der Waals surface area contributed by atoms with Crippen molar-refractivity contribution in [2.75, 3.05) is 13.2 Å². The Kier molecular flexibility index (Phi) is 2.60. The van der Waals surface area contributed by atoms with Gasteiger partial charge in [0.25, 0.3) is 0 Å². The molecule has 1 aliphatic heterocycles. The molecule has 0 saturated carbocycles. The van der Waals surface area contributed by atoms with Gasteiger partial charge in [-0.15, -0.1) is 11.3 Å². The molecule has 1 aromatic heterocycles. The molecular weight excluding hydrogens is 196 g/mol. The summed E-state index contributed by atoms with van der Waals surface area (Å²) in [5.41, 5.74) is 7.06. The summed E-state index contributed by atoms with van der Waals surface area (Å²) in [6.45, 7) is 5.67. The molecule has 2 unspecified atom stereocenters. The maximum Gasteiger partial charge on any atom is 0.113 e. The molecule has 1 aliphatic rings. The second-order valence-electron chi connectivity index (χ2n) is 4.14. The molecule has 0 aliphatic carbocycles. The summed E-state index contributed by atoms with van der Waals surface area (Å²) >= 11 is 1.65. The smallest absolute Gasteiger partial charge is 0.113 e. The van der Waals surface area contributed by atoms with E-state index in [4.69, 9.17) is 10.5 Å². The Balaban J connectivity index is 2.22. The van der Waals surface area contributed by atoms with E-state index in [1.807, 2.05) is 6.92 Å². The first-order chi connectivity index (χ1) is 6.60. The Bertz CT molecular complexity index is 316. The lowest BCUT2D eigenvalue weighted by Crippen LogP contribution is -2.41. The van der Waals surface area contributed by atoms with E-state index in [1.165, 1.54) is 0 Å². The standard InChI is InChI=1S/C10H16N2OS/c1-7-6-14-9(12-7)10(2,11)8-3-4-13-5-8/h6,8H,3-5,11H2,1-2H3. The number of aromatic nitrogens is 1. The topological polar surface area (TPSA) is 48.1 Å². The van der Waals surface area contributed by atoms with Crippen molar-refractivity contribution < 1.29 is 4.74 Å². The molecule has 78 valence electrons. The molecule has 0 bridgehead atoms. The summed E-state index contributed by atoms with van der Waals surface area (Å²) in [6.07, 6.45) is 1.05. The van der Waals surface area contributed by atoms with Crippen LogP contribution in [0.5, 0.6) is 0 Å². The molecule has 0 amide bonds. The highest BCUT2D eigenvalue weighted by atomic mass is 32.1. The third-order valence-corrected chi connectivity index (χ3v) is 4.07. The normalized spacial score (nSPS) is 26.4. The first-order valence-electron chi connectivity index (χ1n) is 4.90. The van der Waals surface area contributed by atoms with Crippen molar-refractivity contribution in [1.82, 2.24) is 4.98 Å². The van der Waals surface area contributed by atoms with Crippen molar-refractivity contribution in [2.24, 2.45) is 11.7 Å². The zero-order chi connectivity index (χ0) is 10.2. The van der Waals surface area contributed by atoms with E-state index in [2.05, 4.69) is 17.3 Å². The van der Waals surface area contributed by atoms with E-state index in [1.54, 1.807) is 11.3 Å². The lowest BCUT2D eigenvalue weighted by Gasteiger charge is -2.27. The van der Waals surface area contributed by atoms with Gasteiger partial charge in [0.05, 0.1) is 12.1 Å². The van der Waals surface area contributed by atoms with Crippen LogP contribution in [0.1, 0.15) is 24.0 Å². The first-order valence-corrected chi connectivity index (χ1v) is 5.78. The van der Waals surface area contributed by atoms with Gasteiger partial charge in [0.15, 0.2) is 0 Å². The third kappa shape index (κ3) is 1.69. The molecule has 2 rings (SSSR count).